The van der Waals surface area contributed by atoms with Crippen LogP contribution in [0.15, 0.2) is 59.5 Å². The molecule has 12 nitrogen and oxygen atoms in total. The lowest BCUT2D eigenvalue weighted by Crippen LogP contribution is -2.56. The maximum absolute atomic E-state index is 13.7. The van der Waals surface area contributed by atoms with Gasteiger partial charge in [-0.15, -0.1) is 0 Å². The van der Waals surface area contributed by atoms with Crippen LogP contribution in [0.1, 0.15) is 25.8 Å². The zero-order chi connectivity index (χ0) is 28.8. The molecule has 3 atom stereocenters. The van der Waals surface area contributed by atoms with Crippen LogP contribution in [-0.4, -0.2) is 83.1 Å². The molecule has 2 aromatic carbocycles. The Morgan fingerprint density at radius 3 is 2.28 bits per heavy atom. The molecule has 5 N–H and O–H groups in total. The number of amides is 1. The Labute approximate surface area is 228 Å². The summed E-state index contributed by atoms with van der Waals surface area (Å²) in [6.45, 7) is 3.49. The van der Waals surface area contributed by atoms with Gasteiger partial charge in [0.05, 0.1) is 23.6 Å². The first kappa shape index (κ1) is 31.0. The number of phosphoric ester groups is 1. The van der Waals surface area contributed by atoms with Crippen molar-refractivity contribution < 1.29 is 41.9 Å². The van der Waals surface area contributed by atoms with E-state index >= 15 is 0 Å². The molecule has 1 saturated heterocycles. The molecule has 1 aliphatic rings. The second kappa shape index (κ2) is 13.2. The number of benzene rings is 2. The molecule has 3 rings (SSSR count). The molecule has 1 amide bonds. The summed E-state index contributed by atoms with van der Waals surface area (Å²) in [5, 5.41) is 10.2. The first-order valence-electron chi connectivity index (χ1n) is 12.5. The van der Waals surface area contributed by atoms with E-state index in [2.05, 4.69) is 0 Å². The van der Waals surface area contributed by atoms with Crippen molar-refractivity contribution >= 4 is 29.6 Å². The fourth-order valence-electron chi connectivity index (χ4n) is 4.64. The van der Waals surface area contributed by atoms with Crippen LogP contribution in [0.2, 0.25) is 0 Å². The van der Waals surface area contributed by atoms with E-state index in [0.717, 1.165) is 9.21 Å². The highest BCUT2D eigenvalue weighted by atomic mass is 32.2. The maximum Gasteiger partial charge on any atom is 0.469 e. The largest absolute Gasteiger partial charge is 0.469 e. The number of nitrogen functional groups attached to an aromatic ring is 1. The summed E-state index contributed by atoms with van der Waals surface area (Å²) < 4.78 is 51.3. The number of carbonyl (C=O) groups is 1. The minimum atomic E-state index is -5.19. The van der Waals surface area contributed by atoms with Gasteiger partial charge in [-0.1, -0.05) is 44.2 Å². The Hall–Kier alpha value is -2.51. The molecule has 1 heterocycles. The summed E-state index contributed by atoms with van der Waals surface area (Å²) >= 11 is 0. The molecular weight excluding hydrogens is 549 g/mol. The number of rotatable bonds is 13. The minimum absolute atomic E-state index is 0.00854. The number of phosphoric acid groups is 1. The third-order valence-electron chi connectivity index (χ3n) is 6.34. The first-order valence-corrected chi connectivity index (χ1v) is 15.5. The summed E-state index contributed by atoms with van der Waals surface area (Å²) in [7, 11) is -9.37. The zero-order valence-corrected chi connectivity index (χ0v) is 23.6. The third kappa shape index (κ3) is 8.74. The van der Waals surface area contributed by atoms with Crippen LogP contribution in [0.5, 0.6) is 0 Å². The van der Waals surface area contributed by atoms with E-state index in [4.69, 9.17) is 15.0 Å². The monoisotopic (exact) mass is 585 g/mol. The van der Waals surface area contributed by atoms with Gasteiger partial charge in [0, 0.05) is 25.4 Å². The van der Waals surface area contributed by atoms with E-state index in [1.54, 1.807) is 44.2 Å². The van der Waals surface area contributed by atoms with Crippen LogP contribution in [0.4, 0.5) is 10.5 Å². The van der Waals surface area contributed by atoms with Gasteiger partial charge in [0.15, 0.2) is 0 Å². The lowest BCUT2D eigenvalue weighted by molar-refractivity contribution is 0.0144. The van der Waals surface area contributed by atoms with Gasteiger partial charge in [-0.25, -0.2) is 17.8 Å². The standard InChI is InChI=1S/C25H36N3O9PS/c1-18(2)15-27(39(34,35)22-10-8-20(26)9-11-22)16-24(37-38(31,32)33)23(14-19-6-4-3-5-7-19)28(25(29)30)21-12-13-36-17-21/h3-11,18,21,23-24H,12-17,26H2,1-2H3,(H,29,30)(H2,31,32,33). The maximum atomic E-state index is 13.7. The second-order valence-electron chi connectivity index (χ2n) is 9.88. The Bertz CT molecular complexity index is 1230. The number of carboxylic acid groups (broad SMARTS) is 1. The minimum Gasteiger partial charge on any atom is -0.465 e. The van der Waals surface area contributed by atoms with E-state index in [1.807, 2.05) is 0 Å². The van der Waals surface area contributed by atoms with Crippen molar-refractivity contribution in [2.45, 2.75) is 49.8 Å². The average Bonchev–Trinajstić information content (AvgIpc) is 3.36. The van der Waals surface area contributed by atoms with Gasteiger partial charge in [0.1, 0.15) is 6.10 Å². The SMILES string of the molecule is CC(C)CN(CC(OP(=O)(O)O)C(Cc1ccccc1)N(C(=O)O)C1CCOC1)S(=O)(=O)c1ccc(N)cc1. The lowest BCUT2D eigenvalue weighted by Gasteiger charge is -2.40. The van der Waals surface area contributed by atoms with E-state index in [-0.39, 0.29) is 30.4 Å². The van der Waals surface area contributed by atoms with Crippen LogP contribution in [-0.2, 0) is 30.3 Å². The molecule has 0 radical (unpaired) electrons. The van der Waals surface area contributed by atoms with Gasteiger partial charge in [0.25, 0.3) is 0 Å². The van der Waals surface area contributed by atoms with Gasteiger partial charge >= 0.3 is 13.9 Å². The molecular formula is C25H36N3O9PS. The van der Waals surface area contributed by atoms with Crippen molar-refractivity contribution in [3.05, 3.63) is 60.2 Å². The van der Waals surface area contributed by atoms with E-state index in [9.17, 15) is 32.7 Å². The second-order valence-corrected chi connectivity index (χ2v) is 13.0. The number of hydrogen-bond donors (Lipinski definition) is 4. The van der Waals surface area contributed by atoms with Crippen molar-refractivity contribution in [1.29, 1.82) is 0 Å². The predicted molar refractivity (Wildman–Crippen MR) is 144 cm³/mol. The molecule has 1 fully saturated rings. The van der Waals surface area contributed by atoms with Crippen LogP contribution in [0, 0.1) is 5.92 Å². The fourth-order valence-corrected chi connectivity index (χ4v) is 6.82. The van der Waals surface area contributed by atoms with Crippen molar-refractivity contribution in [1.82, 2.24) is 9.21 Å². The van der Waals surface area contributed by atoms with Gasteiger partial charge in [0.2, 0.25) is 10.0 Å². The highest BCUT2D eigenvalue weighted by Crippen LogP contribution is 2.40. The Balaban J connectivity index is 2.10. The van der Waals surface area contributed by atoms with Crippen LogP contribution >= 0.6 is 7.82 Å². The molecule has 2 aromatic rings. The number of anilines is 1. The third-order valence-corrected chi connectivity index (χ3v) is 8.73. The molecule has 0 bridgehead atoms. The molecule has 0 spiro atoms. The molecule has 0 aromatic heterocycles. The molecule has 216 valence electrons. The highest BCUT2D eigenvalue weighted by Gasteiger charge is 2.42. The van der Waals surface area contributed by atoms with Crippen molar-refractivity contribution in [2.75, 3.05) is 32.0 Å². The summed E-state index contributed by atoms with van der Waals surface area (Å²) in [6, 6.07) is 12.6. The quantitative estimate of drug-likeness (QED) is 0.202. The molecule has 14 heteroatoms. The van der Waals surface area contributed by atoms with Crippen LogP contribution in [0.25, 0.3) is 0 Å². The summed E-state index contributed by atoms with van der Waals surface area (Å²) in [6.07, 6.45) is -2.46. The summed E-state index contributed by atoms with van der Waals surface area (Å²) in [5.74, 6) is -0.171. The topological polar surface area (TPSA) is 180 Å². The number of ether oxygens (including phenoxy) is 1. The zero-order valence-electron chi connectivity index (χ0n) is 21.9. The number of nitrogens with zero attached hydrogens (tertiary/aromatic N) is 2. The molecule has 0 aliphatic carbocycles. The van der Waals surface area contributed by atoms with Crippen molar-refractivity contribution in [3.8, 4) is 0 Å². The van der Waals surface area contributed by atoms with E-state index in [1.165, 1.54) is 24.3 Å². The van der Waals surface area contributed by atoms with E-state index < -0.39 is 48.7 Å². The number of nitrogens with two attached hydrogens (primary N) is 1. The van der Waals surface area contributed by atoms with Gasteiger partial charge < -0.3 is 25.4 Å². The molecule has 1 aliphatic heterocycles. The number of hydrogen-bond acceptors (Lipinski definition) is 7. The normalized spacial score (nSPS) is 17.8. The van der Waals surface area contributed by atoms with Gasteiger partial charge in [-0.2, -0.15) is 4.31 Å². The fraction of sp³-hybridized carbons (Fsp3) is 0.480. The smallest absolute Gasteiger partial charge is 0.465 e. The first-order chi connectivity index (χ1) is 18.3. The Morgan fingerprint density at radius 2 is 1.77 bits per heavy atom. The Morgan fingerprint density at radius 1 is 1.13 bits per heavy atom. The molecule has 0 saturated carbocycles. The molecule has 3 unspecified atom stereocenters. The van der Waals surface area contributed by atoms with Crippen LogP contribution < -0.4 is 5.73 Å². The van der Waals surface area contributed by atoms with Crippen LogP contribution in [0.3, 0.4) is 0 Å². The van der Waals surface area contributed by atoms with Crippen molar-refractivity contribution in [2.24, 2.45) is 5.92 Å². The highest BCUT2D eigenvalue weighted by molar-refractivity contribution is 7.89. The van der Waals surface area contributed by atoms with E-state index in [0.29, 0.717) is 24.3 Å². The van der Waals surface area contributed by atoms with Crippen molar-refractivity contribution in [3.63, 3.8) is 0 Å². The lowest BCUT2D eigenvalue weighted by atomic mass is 9.97. The molecule has 39 heavy (non-hydrogen) atoms. The summed E-state index contributed by atoms with van der Waals surface area (Å²) in [4.78, 5) is 33.3. The summed E-state index contributed by atoms with van der Waals surface area (Å²) in [5.41, 5.74) is 6.78. The Kier molecular flexibility index (Phi) is 10.5. The average molecular weight is 586 g/mol. The predicted octanol–water partition coefficient (Wildman–Crippen LogP) is 2.77. The number of sulfonamides is 1. The van der Waals surface area contributed by atoms with Gasteiger partial charge in [-0.05, 0) is 48.6 Å². The van der Waals surface area contributed by atoms with Gasteiger partial charge in [-0.3, -0.25) is 9.42 Å².